The van der Waals surface area contributed by atoms with Crippen molar-refractivity contribution < 1.29 is 5.11 Å². The second-order valence-electron chi connectivity index (χ2n) is 14.6. The van der Waals surface area contributed by atoms with Gasteiger partial charge >= 0.3 is 0 Å². The fourth-order valence-corrected chi connectivity index (χ4v) is 10.2. The number of hydrogen-bond acceptors (Lipinski definition) is 3. The molecule has 1 saturated carbocycles. The second-order valence-corrected chi connectivity index (χ2v) is 15.7. The lowest BCUT2D eigenvalue weighted by atomic mass is 9.61. The van der Waals surface area contributed by atoms with Crippen LogP contribution in [0.2, 0.25) is 0 Å². The van der Waals surface area contributed by atoms with Crippen LogP contribution in [-0.4, -0.2) is 48.7 Å². The first-order valence-corrected chi connectivity index (χ1v) is 20.3. The Morgan fingerprint density at radius 2 is 1.61 bits per heavy atom. The van der Waals surface area contributed by atoms with Gasteiger partial charge in [0.2, 0.25) is 0 Å². The molecule has 1 aliphatic heterocycles. The average molecular weight is 595 g/mol. The van der Waals surface area contributed by atoms with Crippen molar-refractivity contribution >= 4 is 8.58 Å². The van der Waals surface area contributed by atoms with E-state index in [1.807, 2.05) is 0 Å². The Balaban J connectivity index is 2.18. The van der Waals surface area contributed by atoms with Gasteiger partial charge in [0.05, 0.1) is 6.10 Å². The van der Waals surface area contributed by atoms with Crippen molar-refractivity contribution in [2.45, 2.75) is 170 Å². The molecule has 41 heavy (non-hydrogen) atoms. The van der Waals surface area contributed by atoms with Gasteiger partial charge in [-0.05, 0) is 107 Å². The third kappa shape index (κ3) is 11.0. The van der Waals surface area contributed by atoms with E-state index in [1.54, 1.807) is 0 Å². The van der Waals surface area contributed by atoms with E-state index in [0.717, 1.165) is 44.3 Å². The van der Waals surface area contributed by atoms with Gasteiger partial charge in [0, 0.05) is 24.0 Å². The summed E-state index contributed by atoms with van der Waals surface area (Å²) in [4.78, 5) is 0. The fourth-order valence-electron chi connectivity index (χ4n) is 9.49. The predicted octanol–water partition coefficient (Wildman–Crippen LogP) is 9.52. The monoisotopic (exact) mass is 595 g/mol. The Morgan fingerprint density at radius 1 is 0.927 bits per heavy atom. The molecule has 2 rings (SSSR count). The third-order valence-corrected chi connectivity index (χ3v) is 13.0. The maximum atomic E-state index is 11.8. The lowest BCUT2D eigenvalue weighted by Crippen LogP contribution is -2.53. The minimum absolute atomic E-state index is 0.164. The summed E-state index contributed by atoms with van der Waals surface area (Å²) in [7, 11) is 0.829. The highest BCUT2D eigenvalue weighted by Crippen LogP contribution is 2.46. The van der Waals surface area contributed by atoms with Crippen molar-refractivity contribution in [1.29, 1.82) is 0 Å². The van der Waals surface area contributed by atoms with Crippen LogP contribution in [0.3, 0.4) is 0 Å². The Bertz CT molecular complexity index is 649. The molecule has 3 N–H and O–H groups in total. The van der Waals surface area contributed by atoms with Crippen molar-refractivity contribution in [1.82, 2.24) is 10.6 Å². The SMILES string of the molecule is CCCCC(NC(C)C(C)CCC(CC)C1CCNC(C)C1CCC)C(C(O)CPC)C1C(CC)CCCC1CC. The Kier molecular flexibility index (Phi) is 18.6. The number of hydrogen-bond donors (Lipinski definition) is 3. The van der Waals surface area contributed by atoms with Crippen LogP contribution in [0.5, 0.6) is 0 Å². The van der Waals surface area contributed by atoms with Gasteiger partial charge in [0.25, 0.3) is 0 Å². The summed E-state index contributed by atoms with van der Waals surface area (Å²) in [5, 5.41) is 19.9. The zero-order chi connectivity index (χ0) is 30.4. The summed E-state index contributed by atoms with van der Waals surface area (Å²) in [6, 6.07) is 1.60. The molecular formula is C37H75N2OP. The molecule has 4 heteroatoms. The number of piperidine rings is 1. The van der Waals surface area contributed by atoms with Gasteiger partial charge in [-0.3, -0.25) is 0 Å². The van der Waals surface area contributed by atoms with Crippen LogP contribution in [0.1, 0.15) is 145 Å². The minimum atomic E-state index is -0.164. The molecule has 244 valence electrons. The van der Waals surface area contributed by atoms with Crippen LogP contribution in [0.25, 0.3) is 0 Å². The first kappa shape index (κ1) is 37.5. The largest absolute Gasteiger partial charge is 0.392 e. The lowest BCUT2D eigenvalue weighted by Gasteiger charge is -2.48. The zero-order valence-corrected chi connectivity index (χ0v) is 30.2. The van der Waals surface area contributed by atoms with Crippen molar-refractivity contribution in [2.75, 3.05) is 19.4 Å². The summed E-state index contributed by atoms with van der Waals surface area (Å²) in [6.45, 7) is 22.9. The van der Waals surface area contributed by atoms with E-state index < -0.39 is 0 Å². The lowest BCUT2D eigenvalue weighted by molar-refractivity contribution is -0.0144. The number of aliphatic hydroxyl groups excluding tert-OH is 1. The van der Waals surface area contributed by atoms with E-state index in [9.17, 15) is 5.11 Å². The maximum absolute atomic E-state index is 11.8. The van der Waals surface area contributed by atoms with Crippen LogP contribution in [0.4, 0.5) is 0 Å². The van der Waals surface area contributed by atoms with Gasteiger partial charge in [-0.15, -0.1) is 8.58 Å². The molecule has 1 saturated heterocycles. The summed E-state index contributed by atoms with van der Waals surface area (Å²) < 4.78 is 0. The van der Waals surface area contributed by atoms with Crippen molar-refractivity contribution in [2.24, 2.45) is 47.3 Å². The molecule has 3 nitrogen and oxygen atoms in total. The van der Waals surface area contributed by atoms with Crippen LogP contribution in [0.15, 0.2) is 0 Å². The molecule has 0 bridgehead atoms. The van der Waals surface area contributed by atoms with Crippen LogP contribution in [-0.2, 0) is 0 Å². The van der Waals surface area contributed by atoms with Gasteiger partial charge in [-0.1, -0.05) is 99.3 Å². The number of aliphatic hydroxyl groups is 1. The van der Waals surface area contributed by atoms with Gasteiger partial charge in [0.15, 0.2) is 0 Å². The highest BCUT2D eigenvalue weighted by molar-refractivity contribution is 7.37. The number of rotatable bonds is 20. The standard InChI is InChI=1S/C37H75N2OP/c1-10-15-20-34(37(35(40)25-41-9)36-30(13-4)18-16-19-31(36)14-5)39-27(7)26(6)21-22-29(12-3)33-23-24-38-28(8)32(33)17-11-2/h26-41H,10-25H2,1-9H3. The third-order valence-electron chi connectivity index (χ3n) is 12.1. The highest BCUT2D eigenvalue weighted by atomic mass is 31.1. The minimum Gasteiger partial charge on any atom is -0.392 e. The molecule has 0 radical (unpaired) electrons. The smallest absolute Gasteiger partial charge is 0.0622 e. The fraction of sp³-hybridized carbons (Fsp3) is 1.00. The molecule has 0 aromatic rings. The molecule has 2 fully saturated rings. The van der Waals surface area contributed by atoms with E-state index >= 15 is 0 Å². The van der Waals surface area contributed by atoms with Gasteiger partial charge in [-0.25, -0.2) is 0 Å². The molecule has 2 aliphatic rings. The van der Waals surface area contributed by atoms with Crippen LogP contribution >= 0.6 is 8.58 Å². The first-order valence-electron chi connectivity index (χ1n) is 18.6. The molecule has 1 aliphatic carbocycles. The van der Waals surface area contributed by atoms with E-state index in [2.05, 4.69) is 72.7 Å². The quantitative estimate of drug-likeness (QED) is 0.123. The summed E-state index contributed by atoms with van der Waals surface area (Å²) in [5.74, 6) is 5.89. The Morgan fingerprint density at radius 3 is 2.17 bits per heavy atom. The summed E-state index contributed by atoms with van der Waals surface area (Å²) >= 11 is 0. The van der Waals surface area contributed by atoms with Gasteiger partial charge in [0.1, 0.15) is 0 Å². The van der Waals surface area contributed by atoms with E-state index in [1.165, 1.54) is 96.4 Å². The molecular weight excluding hydrogens is 519 g/mol. The molecule has 0 amide bonds. The first-order chi connectivity index (χ1) is 19.8. The van der Waals surface area contributed by atoms with Gasteiger partial charge < -0.3 is 15.7 Å². The normalized spacial score (nSPS) is 32.0. The van der Waals surface area contributed by atoms with Crippen molar-refractivity contribution in [3.63, 3.8) is 0 Å². The van der Waals surface area contributed by atoms with Crippen molar-refractivity contribution in [3.05, 3.63) is 0 Å². The maximum Gasteiger partial charge on any atom is 0.0622 e. The second kappa shape index (κ2) is 20.4. The predicted molar refractivity (Wildman–Crippen MR) is 186 cm³/mol. The average Bonchev–Trinajstić information content (AvgIpc) is 2.97. The van der Waals surface area contributed by atoms with Crippen LogP contribution < -0.4 is 10.6 Å². The molecule has 12 unspecified atom stereocenters. The Hall–Kier alpha value is 0.310. The van der Waals surface area contributed by atoms with Crippen LogP contribution in [0, 0.1) is 47.3 Å². The van der Waals surface area contributed by atoms with Crippen molar-refractivity contribution in [3.8, 4) is 0 Å². The summed E-state index contributed by atoms with van der Waals surface area (Å²) in [6.07, 6.45) is 19.3. The molecule has 0 spiro atoms. The van der Waals surface area contributed by atoms with E-state index in [0.29, 0.717) is 35.9 Å². The zero-order valence-electron chi connectivity index (χ0n) is 29.2. The molecule has 0 aromatic heterocycles. The van der Waals surface area contributed by atoms with E-state index in [4.69, 9.17) is 0 Å². The Labute approximate surface area is 260 Å². The molecule has 1 heterocycles. The van der Waals surface area contributed by atoms with Gasteiger partial charge in [-0.2, -0.15) is 0 Å². The number of unbranched alkanes of at least 4 members (excludes halogenated alkanes) is 1. The highest BCUT2D eigenvalue weighted by Gasteiger charge is 2.43. The molecule has 0 aromatic carbocycles. The van der Waals surface area contributed by atoms with E-state index in [-0.39, 0.29) is 6.10 Å². The molecule has 12 atom stereocenters. The summed E-state index contributed by atoms with van der Waals surface area (Å²) in [5.41, 5.74) is 0. The topological polar surface area (TPSA) is 44.3 Å². The number of nitrogens with one attached hydrogen (secondary N) is 2.